The minimum Gasteiger partial charge on any atom is -0.356 e. The predicted molar refractivity (Wildman–Crippen MR) is 75.0 cm³/mol. The minimum absolute atomic E-state index is 0.0293. The average molecular weight is 291 g/mol. The number of hydrogen-bond acceptors (Lipinski definition) is 4. The zero-order chi connectivity index (χ0) is 14.3. The zero-order valence-electron chi connectivity index (χ0n) is 11.5. The Bertz CT molecular complexity index is 384. The van der Waals surface area contributed by atoms with E-state index in [1.807, 2.05) is 0 Å². The summed E-state index contributed by atoms with van der Waals surface area (Å²) < 4.78 is 24.1. The third kappa shape index (κ3) is 6.35. The standard InChI is InChI=1S/C12H25N3O3S/c1-19(17,18)15-8-4-7-14-12(16)11-6-3-2-5-10(11)9-13/h10-11,15H,2-9,13H2,1H3,(H,14,16). The van der Waals surface area contributed by atoms with Crippen molar-refractivity contribution in [3.8, 4) is 0 Å². The van der Waals surface area contributed by atoms with E-state index in [0.717, 1.165) is 31.9 Å². The second-order valence-electron chi connectivity index (χ2n) is 5.20. The maximum absolute atomic E-state index is 12.0. The van der Waals surface area contributed by atoms with Crippen LogP contribution in [0, 0.1) is 11.8 Å². The zero-order valence-corrected chi connectivity index (χ0v) is 12.3. The third-order valence-electron chi connectivity index (χ3n) is 3.57. The summed E-state index contributed by atoms with van der Waals surface area (Å²) in [5, 5.41) is 2.87. The number of amides is 1. The van der Waals surface area contributed by atoms with E-state index < -0.39 is 10.0 Å². The molecule has 0 radical (unpaired) electrons. The molecule has 0 spiro atoms. The van der Waals surface area contributed by atoms with Gasteiger partial charge in [-0.2, -0.15) is 0 Å². The monoisotopic (exact) mass is 291 g/mol. The van der Waals surface area contributed by atoms with Crippen LogP contribution in [0.1, 0.15) is 32.1 Å². The molecule has 1 saturated carbocycles. The Balaban J connectivity index is 2.23. The molecule has 1 aliphatic carbocycles. The van der Waals surface area contributed by atoms with Gasteiger partial charge in [0.15, 0.2) is 0 Å². The first kappa shape index (κ1) is 16.4. The maximum Gasteiger partial charge on any atom is 0.223 e. The quantitative estimate of drug-likeness (QED) is 0.566. The lowest BCUT2D eigenvalue weighted by Crippen LogP contribution is -2.40. The van der Waals surface area contributed by atoms with E-state index in [9.17, 15) is 13.2 Å². The molecule has 2 unspecified atom stereocenters. The van der Waals surface area contributed by atoms with Crippen LogP contribution in [-0.2, 0) is 14.8 Å². The van der Waals surface area contributed by atoms with Gasteiger partial charge in [0, 0.05) is 19.0 Å². The lowest BCUT2D eigenvalue weighted by Gasteiger charge is -2.29. The third-order valence-corrected chi connectivity index (χ3v) is 4.29. The summed E-state index contributed by atoms with van der Waals surface area (Å²) in [6.07, 6.45) is 5.91. The molecule has 19 heavy (non-hydrogen) atoms. The predicted octanol–water partition coefficient (Wildman–Crippen LogP) is -0.193. The van der Waals surface area contributed by atoms with Crippen LogP contribution >= 0.6 is 0 Å². The molecule has 0 heterocycles. The number of sulfonamides is 1. The van der Waals surface area contributed by atoms with Gasteiger partial charge < -0.3 is 11.1 Å². The Morgan fingerprint density at radius 3 is 2.58 bits per heavy atom. The number of hydrogen-bond donors (Lipinski definition) is 3. The lowest BCUT2D eigenvalue weighted by molar-refractivity contribution is -0.127. The molecule has 2 atom stereocenters. The highest BCUT2D eigenvalue weighted by atomic mass is 32.2. The summed E-state index contributed by atoms with van der Waals surface area (Å²) >= 11 is 0. The summed E-state index contributed by atoms with van der Waals surface area (Å²) in [4.78, 5) is 12.0. The Hall–Kier alpha value is -0.660. The number of nitrogens with one attached hydrogen (secondary N) is 2. The van der Waals surface area contributed by atoms with E-state index in [1.54, 1.807) is 0 Å². The van der Waals surface area contributed by atoms with Crippen LogP contribution in [-0.4, -0.2) is 40.2 Å². The highest BCUT2D eigenvalue weighted by Gasteiger charge is 2.29. The first-order valence-corrected chi connectivity index (χ1v) is 8.75. The van der Waals surface area contributed by atoms with Gasteiger partial charge in [0.1, 0.15) is 0 Å². The van der Waals surface area contributed by atoms with E-state index >= 15 is 0 Å². The number of carbonyl (C=O) groups excluding carboxylic acids is 1. The van der Waals surface area contributed by atoms with Crippen LogP contribution in [0.25, 0.3) is 0 Å². The second-order valence-corrected chi connectivity index (χ2v) is 7.03. The molecule has 0 aromatic rings. The fourth-order valence-corrected chi connectivity index (χ4v) is 3.04. The Morgan fingerprint density at radius 1 is 1.26 bits per heavy atom. The van der Waals surface area contributed by atoms with Gasteiger partial charge in [-0.05, 0) is 31.7 Å². The normalized spacial score (nSPS) is 24.1. The lowest BCUT2D eigenvalue weighted by atomic mass is 9.79. The fourth-order valence-electron chi connectivity index (χ4n) is 2.52. The van der Waals surface area contributed by atoms with Crippen molar-refractivity contribution in [3.05, 3.63) is 0 Å². The molecule has 0 aromatic heterocycles. The molecule has 0 aromatic carbocycles. The van der Waals surface area contributed by atoms with Crippen LogP contribution in [0.15, 0.2) is 0 Å². The van der Waals surface area contributed by atoms with E-state index in [0.29, 0.717) is 32.0 Å². The molecule has 1 fully saturated rings. The highest BCUT2D eigenvalue weighted by Crippen LogP contribution is 2.29. The average Bonchev–Trinajstić information content (AvgIpc) is 2.36. The topological polar surface area (TPSA) is 101 Å². The molecular weight excluding hydrogens is 266 g/mol. The van der Waals surface area contributed by atoms with Gasteiger partial charge in [-0.15, -0.1) is 0 Å². The molecule has 1 aliphatic rings. The largest absolute Gasteiger partial charge is 0.356 e. The van der Waals surface area contributed by atoms with E-state index in [2.05, 4.69) is 10.0 Å². The molecule has 0 aliphatic heterocycles. The summed E-state index contributed by atoms with van der Waals surface area (Å²) in [7, 11) is -3.14. The van der Waals surface area contributed by atoms with Gasteiger partial charge in [0.05, 0.1) is 6.26 Å². The van der Waals surface area contributed by atoms with E-state index in [-0.39, 0.29) is 11.8 Å². The van der Waals surface area contributed by atoms with E-state index in [4.69, 9.17) is 5.73 Å². The summed E-state index contributed by atoms with van der Waals surface area (Å²) in [5.41, 5.74) is 5.70. The summed E-state index contributed by atoms with van der Waals surface area (Å²) in [6, 6.07) is 0. The van der Waals surface area contributed by atoms with Crippen LogP contribution in [0.2, 0.25) is 0 Å². The van der Waals surface area contributed by atoms with E-state index in [1.165, 1.54) is 0 Å². The smallest absolute Gasteiger partial charge is 0.223 e. The van der Waals surface area contributed by atoms with Gasteiger partial charge in [-0.3, -0.25) is 4.79 Å². The minimum atomic E-state index is -3.14. The van der Waals surface area contributed by atoms with Crippen molar-refractivity contribution in [2.45, 2.75) is 32.1 Å². The van der Waals surface area contributed by atoms with Crippen molar-refractivity contribution in [2.75, 3.05) is 25.9 Å². The molecule has 6 nitrogen and oxygen atoms in total. The van der Waals surface area contributed by atoms with Crippen LogP contribution in [0.4, 0.5) is 0 Å². The fraction of sp³-hybridized carbons (Fsp3) is 0.917. The highest BCUT2D eigenvalue weighted by molar-refractivity contribution is 7.88. The molecule has 1 rings (SSSR count). The van der Waals surface area contributed by atoms with Crippen molar-refractivity contribution in [2.24, 2.45) is 17.6 Å². The van der Waals surface area contributed by atoms with Crippen LogP contribution in [0.3, 0.4) is 0 Å². The van der Waals surface area contributed by atoms with Gasteiger partial charge in [0.25, 0.3) is 0 Å². The molecule has 4 N–H and O–H groups in total. The van der Waals surface area contributed by atoms with Crippen LogP contribution in [0.5, 0.6) is 0 Å². The van der Waals surface area contributed by atoms with Crippen LogP contribution < -0.4 is 15.8 Å². The van der Waals surface area contributed by atoms with Crippen molar-refractivity contribution >= 4 is 15.9 Å². The van der Waals surface area contributed by atoms with Crippen molar-refractivity contribution in [1.82, 2.24) is 10.0 Å². The molecule has 1 amide bonds. The van der Waals surface area contributed by atoms with Gasteiger partial charge in [-0.25, -0.2) is 13.1 Å². The Kier molecular flexibility index (Phi) is 6.74. The Labute approximate surface area is 115 Å². The van der Waals surface area contributed by atoms with Crippen molar-refractivity contribution < 1.29 is 13.2 Å². The maximum atomic E-state index is 12.0. The summed E-state index contributed by atoms with van der Waals surface area (Å²) in [6.45, 7) is 1.41. The Morgan fingerprint density at radius 2 is 1.95 bits per heavy atom. The molecule has 112 valence electrons. The number of nitrogens with two attached hydrogens (primary N) is 1. The van der Waals surface area contributed by atoms with Crippen molar-refractivity contribution in [3.63, 3.8) is 0 Å². The first-order valence-electron chi connectivity index (χ1n) is 6.86. The first-order chi connectivity index (χ1) is 8.94. The summed E-state index contributed by atoms with van der Waals surface area (Å²) in [5.74, 6) is 0.388. The number of rotatable bonds is 7. The molecule has 0 saturated heterocycles. The SMILES string of the molecule is CS(=O)(=O)NCCCNC(=O)C1CCCCC1CN. The molecular formula is C12H25N3O3S. The second kappa shape index (κ2) is 7.81. The molecule has 0 bridgehead atoms. The molecule has 7 heteroatoms. The van der Waals surface area contributed by atoms with Gasteiger partial charge >= 0.3 is 0 Å². The van der Waals surface area contributed by atoms with Gasteiger partial charge in [-0.1, -0.05) is 12.8 Å². The number of carbonyl (C=O) groups is 1. The van der Waals surface area contributed by atoms with Gasteiger partial charge in [0.2, 0.25) is 15.9 Å². The van der Waals surface area contributed by atoms with Crippen molar-refractivity contribution in [1.29, 1.82) is 0 Å².